The highest BCUT2D eigenvalue weighted by atomic mass is 16.4. The van der Waals surface area contributed by atoms with Gasteiger partial charge in [0, 0.05) is 19.3 Å². The molecule has 0 atom stereocenters. The van der Waals surface area contributed by atoms with Crippen molar-refractivity contribution in [2.75, 3.05) is 19.8 Å². The van der Waals surface area contributed by atoms with Crippen LogP contribution >= 0.6 is 0 Å². The largest absolute Gasteiger partial charge is 0.481 e. The topological polar surface area (TPSA) is 173 Å². The Kier molecular flexibility index (Phi) is 31.6. The number of hydrogen-bond donors (Lipinski definition) is 6. The third-order valence-corrected chi connectivity index (χ3v) is 1.69. The van der Waals surface area contributed by atoms with E-state index in [1.807, 2.05) is 0 Å². The number of aliphatic hydroxyl groups excluding tert-OH is 3. The van der Waals surface area contributed by atoms with Crippen LogP contribution in [0.4, 0.5) is 0 Å². The average molecular weight is 340 g/mol. The molecule has 9 nitrogen and oxygen atoms in total. The molecule has 0 aliphatic rings. The molecule has 0 aromatic carbocycles. The van der Waals surface area contributed by atoms with Crippen molar-refractivity contribution in [3.05, 3.63) is 11.6 Å². The van der Waals surface area contributed by atoms with Crippen molar-refractivity contribution in [3.8, 4) is 0 Å². The summed E-state index contributed by atoms with van der Waals surface area (Å²) in [5.41, 5.74) is 0.451. The third kappa shape index (κ3) is 53.5. The van der Waals surface area contributed by atoms with Crippen LogP contribution < -0.4 is 0 Å². The fourth-order valence-electron chi connectivity index (χ4n) is 0.308. The Morgan fingerprint density at radius 1 is 0.696 bits per heavy atom. The standard InChI is InChI=1S/C5H10O3.3C3H6O2/c6-2-1-5(3-7)4-8;3*1-2-3(4)5/h1,6-8H,2-4H2;3*2H2,1H3,(H,4,5). The van der Waals surface area contributed by atoms with E-state index in [0.717, 1.165) is 0 Å². The quantitative estimate of drug-likeness (QED) is 0.372. The molecular formula is C14H28O9. The van der Waals surface area contributed by atoms with Crippen molar-refractivity contribution in [2.45, 2.75) is 40.0 Å². The molecule has 23 heavy (non-hydrogen) atoms. The van der Waals surface area contributed by atoms with E-state index >= 15 is 0 Å². The van der Waals surface area contributed by atoms with Crippen LogP contribution in [0.15, 0.2) is 11.6 Å². The second-order valence-corrected chi connectivity index (χ2v) is 3.60. The van der Waals surface area contributed by atoms with E-state index in [-0.39, 0.29) is 39.1 Å². The number of carboxylic acid groups (broad SMARTS) is 3. The molecule has 0 unspecified atom stereocenters. The van der Waals surface area contributed by atoms with Gasteiger partial charge in [-0.05, 0) is 5.57 Å². The first kappa shape index (κ1) is 29.1. The number of hydrogen-bond acceptors (Lipinski definition) is 6. The maximum absolute atomic E-state index is 9.37. The lowest BCUT2D eigenvalue weighted by molar-refractivity contribution is -0.137. The van der Waals surface area contributed by atoms with Crippen molar-refractivity contribution in [1.29, 1.82) is 0 Å². The molecule has 0 bridgehead atoms. The van der Waals surface area contributed by atoms with Gasteiger partial charge in [-0.2, -0.15) is 0 Å². The molecule has 6 N–H and O–H groups in total. The second-order valence-electron chi connectivity index (χ2n) is 3.60. The summed E-state index contributed by atoms with van der Waals surface area (Å²) in [6.07, 6.45) is 2.04. The minimum atomic E-state index is -0.745. The molecule has 0 aliphatic carbocycles. The molecule has 0 amide bonds. The highest BCUT2D eigenvalue weighted by molar-refractivity contribution is 5.66. The van der Waals surface area contributed by atoms with E-state index in [1.165, 1.54) is 6.08 Å². The average Bonchev–Trinajstić information content (AvgIpc) is 2.54. The third-order valence-electron chi connectivity index (χ3n) is 1.69. The molecule has 9 heteroatoms. The highest BCUT2D eigenvalue weighted by Crippen LogP contribution is 1.87. The van der Waals surface area contributed by atoms with Crippen LogP contribution in [0.1, 0.15) is 40.0 Å². The predicted molar refractivity (Wildman–Crippen MR) is 83.1 cm³/mol. The van der Waals surface area contributed by atoms with Gasteiger partial charge in [-0.25, -0.2) is 0 Å². The number of aliphatic hydroxyl groups is 3. The number of aliphatic carboxylic acids is 3. The zero-order chi connectivity index (χ0) is 19.3. The van der Waals surface area contributed by atoms with Gasteiger partial charge in [0.1, 0.15) is 0 Å². The van der Waals surface area contributed by atoms with E-state index in [4.69, 9.17) is 30.6 Å². The van der Waals surface area contributed by atoms with E-state index in [9.17, 15) is 14.4 Å². The Hall–Kier alpha value is -1.97. The van der Waals surface area contributed by atoms with Gasteiger partial charge >= 0.3 is 17.9 Å². The van der Waals surface area contributed by atoms with Crippen molar-refractivity contribution < 1.29 is 45.0 Å². The molecule has 0 saturated heterocycles. The fraction of sp³-hybridized carbons (Fsp3) is 0.643. The Morgan fingerprint density at radius 2 is 0.913 bits per heavy atom. The zero-order valence-corrected chi connectivity index (χ0v) is 13.7. The molecule has 138 valence electrons. The molecule has 0 aliphatic heterocycles. The summed E-state index contributed by atoms with van der Waals surface area (Å²) in [5.74, 6) is -2.24. The monoisotopic (exact) mass is 340 g/mol. The Morgan fingerprint density at radius 3 is 0.957 bits per heavy atom. The number of carboxylic acids is 3. The first-order chi connectivity index (χ1) is 10.7. The Bertz CT molecular complexity index is 285. The molecule has 0 spiro atoms. The molecular weight excluding hydrogens is 312 g/mol. The van der Waals surface area contributed by atoms with Crippen molar-refractivity contribution in [2.24, 2.45) is 0 Å². The minimum absolute atomic E-state index is 0.129. The van der Waals surface area contributed by atoms with Crippen molar-refractivity contribution >= 4 is 17.9 Å². The van der Waals surface area contributed by atoms with E-state index < -0.39 is 17.9 Å². The highest BCUT2D eigenvalue weighted by Gasteiger charge is 1.87. The molecule has 0 rings (SSSR count). The molecule has 0 saturated carbocycles. The summed E-state index contributed by atoms with van der Waals surface area (Å²) in [6.45, 7) is 4.30. The van der Waals surface area contributed by atoms with Gasteiger partial charge in [-0.1, -0.05) is 26.8 Å². The smallest absolute Gasteiger partial charge is 0.303 e. The van der Waals surface area contributed by atoms with E-state index in [0.29, 0.717) is 5.57 Å². The summed E-state index contributed by atoms with van der Waals surface area (Å²) < 4.78 is 0. The summed E-state index contributed by atoms with van der Waals surface area (Å²) >= 11 is 0. The number of rotatable bonds is 6. The van der Waals surface area contributed by atoms with Gasteiger partial charge in [-0.3, -0.25) is 14.4 Å². The van der Waals surface area contributed by atoms with Crippen LogP contribution in [0, 0.1) is 0 Å². The molecule has 0 heterocycles. The van der Waals surface area contributed by atoms with Gasteiger partial charge in [0.05, 0.1) is 19.8 Å². The summed E-state index contributed by atoms with van der Waals surface area (Å²) in [4.78, 5) is 28.1. The van der Waals surface area contributed by atoms with E-state index in [2.05, 4.69) is 0 Å². The second kappa shape index (κ2) is 25.0. The maximum Gasteiger partial charge on any atom is 0.303 e. The van der Waals surface area contributed by atoms with Crippen LogP contribution in [0.5, 0.6) is 0 Å². The summed E-state index contributed by atoms with van der Waals surface area (Å²) in [6, 6.07) is 0. The van der Waals surface area contributed by atoms with Crippen LogP contribution in [-0.4, -0.2) is 68.4 Å². The van der Waals surface area contributed by atoms with Crippen LogP contribution in [0.25, 0.3) is 0 Å². The summed E-state index contributed by atoms with van der Waals surface area (Å²) in [7, 11) is 0. The molecule has 0 fully saturated rings. The maximum atomic E-state index is 9.37. The lowest BCUT2D eigenvalue weighted by atomic mass is 10.3. The van der Waals surface area contributed by atoms with Crippen LogP contribution in [0.3, 0.4) is 0 Å². The Labute approximate surface area is 135 Å². The molecule has 0 aromatic heterocycles. The normalized spacial score (nSPS) is 7.91. The van der Waals surface area contributed by atoms with Gasteiger partial charge in [0.25, 0.3) is 0 Å². The lowest BCUT2D eigenvalue weighted by Crippen LogP contribution is -1.96. The molecule has 0 radical (unpaired) electrons. The minimum Gasteiger partial charge on any atom is -0.481 e. The molecule has 0 aromatic rings. The van der Waals surface area contributed by atoms with Gasteiger partial charge in [0.15, 0.2) is 0 Å². The van der Waals surface area contributed by atoms with Crippen LogP contribution in [-0.2, 0) is 14.4 Å². The first-order valence-electron chi connectivity index (χ1n) is 6.82. The Balaban J connectivity index is -0.000000108. The fourth-order valence-corrected chi connectivity index (χ4v) is 0.308. The SMILES string of the molecule is CCC(=O)O.CCC(=O)O.CCC(=O)O.OCC=C(CO)CO. The summed E-state index contributed by atoms with van der Waals surface area (Å²) in [5, 5.41) is 48.0. The predicted octanol–water partition coefficient (Wildman–Crippen LogP) is 0.333. The van der Waals surface area contributed by atoms with Gasteiger partial charge in [-0.15, -0.1) is 0 Å². The van der Waals surface area contributed by atoms with Crippen molar-refractivity contribution in [1.82, 2.24) is 0 Å². The van der Waals surface area contributed by atoms with E-state index in [1.54, 1.807) is 20.8 Å². The van der Waals surface area contributed by atoms with Gasteiger partial charge < -0.3 is 30.6 Å². The van der Waals surface area contributed by atoms with Crippen molar-refractivity contribution in [3.63, 3.8) is 0 Å². The van der Waals surface area contributed by atoms with Crippen LogP contribution in [0.2, 0.25) is 0 Å². The first-order valence-corrected chi connectivity index (χ1v) is 6.82. The lowest BCUT2D eigenvalue weighted by Gasteiger charge is -1.94. The van der Waals surface area contributed by atoms with Gasteiger partial charge in [0.2, 0.25) is 0 Å². The zero-order valence-electron chi connectivity index (χ0n) is 13.7. The number of carbonyl (C=O) groups is 3.